The van der Waals surface area contributed by atoms with E-state index in [9.17, 15) is 9.59 Å². The largest absolute Gasteiger partial charge is 0.295 e. The maximum Gasteiger partial charge on any atom is 0.261 e. The van der Waals surface area contributed by atoms with Gasteiger partial charge in [-0.2, -0.15) is 0 Å². The first-order chi connectivity index (χ1) is 17.0. The monoisotopic (exact) mass is 467 g/mol. The van der Waals surface area contributed by atoms with Crippen LogP contribution in [0, 0.1) is 0 Å². The van der Waals surface area contributed by atoms with Crippen LogP contribution in [0.4, 0.5) is 0 Å². The summed E-state index contributed by atoms with van der Waals surface area (Å²) in [4.78, 5) is 31.9. The van der Waals surface area contributed by atoms with Crippen molar-refractivity contribution in [3.63, 3.8) is 0 Å². The molecule has 3 aromatic carbocycles. The third-order valence-electron chi connectivity index (χ3n) is 7.40. The van der Waals surface area contributed by atoms with Crippen LogP contribution >= 0.6 is 0 Å². The zero-order valence-corrected chi connectivity index (χ0v) is 20.5. The van der Waals surface area contributed by atoms with Gasteiger partial charge in [-0.25, -0.2) is 0 Å². The highest BCUT2D eigenvalue weighted by molar-refractivity contribution is 6.21. The number of carbonyl (C=O) groups excluding carboxylic acids is 2. The zero-order chi connectivity index (χ0) is 24.4. The Bertz CT molecular complexity index is 1090. The van der Waals surface area contributed by atoms with E-state index >= 15 is 0 Å². The van der Waals surface area contributed by atoms with Gasteiger partial charge in [0.05, 0.1) is 17.2 Å². The Morgan fingerprint density at radius 2 is 1.14 bits per heavy atom. The number of carbonyl (C=O) groups is 2. The predicted octanol–water partition coefficient (Wildman–Crippen LogP) is 4.86. The standard InChI is InChI=1S/C30H33N3O2/c1-22-20-31(28(24-12-5-3-6-13-24)25-14-7-4-8-15-25)21-23(2)32(22)18-11-19-33-29(34)26-16-9-10-17-27(26)30(33)35/h3-10,12-17,22-23,28H,11,18-21H2,1-2H3/t22-,23+. The summed E-state index contributed by atoms with van der Waals surface area (Å²) in [5.41, 5.74) is 3.69. The first-order valence-corrected chi connectivity index (χ1v) is 12.6. The fourth-order valence-electron chi connectivity index (χ4n) is 5.79. The number of piperazine rings is 1. The van der Waals surface area contributed by atoms with E-state index in [4.69, 9.17) is 0 Å². The normalized spacial score (nSPS) is 21.1. The maximum absolute atomic E-state index is 12.7. The second kappa shape index (κ2) is 10.1. The average Bonchev–Trinajstić information content (AvgIpc) is 3.12. The zero-order valence-electron chi connectivity index (χ0n) is 20.5. The number of nitrogens with zero attached hydrogens (tertiary/aromatic N) is 3. The molecule has 0 aromatic heterocycles. The lowest BCUT2D eigenvalue weighted by molar-refractivity contribution is 0.0218. The van der Waals surface area contributed by atoms with E-state index in [0.717, 1.165) is 26.1 Å². The van der Waals surface area contributed by atoms with Gasteiger partial charge in [-0.15, -0.1) is 0 Å². The molecule has 2 aliphatic rings. The fourth-order valence-corrected chi connectivity index (χ4v) is 5.79. The van der Waals surface area contributed by atoms with Gasteiger partial charge in [0, 0.05) is 38.3 Å². The molecule has 2 aliphatic heterocycles. The van der Waals surface area contributed by atoms with Gasteiger partial charge < -0.3 is 0 Å². The van der Waals surface area contributed by atoms with E-state index < -0.39 is 0 Å². The molecule has 0 saturated carbocycles. The minimum Gasteiger partial charge on any atom is -0.295 e. The third kappa shape index (κ3) is 4.66. The minimum atomic E-state index is -0.162. The van der Waals surface area contributed by atoms with Gasteiger partial charge in [0.2, 0.25) is 0 Å². The first kappa shape index (κ1) is 23.5. The van der Waals surface area contributed by atoms with Crippen LogP contribution in [0.15, 0.2) is 84.9 Å². The average molecular weight is 468 g/mol. The Hall–Kier alpha value is -3.28. The van der Waals surface area contributed by atoms with Gasteiger partial charge in [0.25, 0.3) is 11.8 Å². The van der Waals surface area contributed by atoms with Crippen molar-refractivity contribution in [2.24, 2.45) is 0 Å². The van der Waals surface area contributed by atoms with Crippen molar-refractivity contribution < 1.29 is 9.59 Å². The Kier molecular flexibility index (Phi) is 6.80. The molecule has 0 N–H and O–H groups in total. The molecule has 1 saturated heterocycles. The van der Waals surface area contributed by atoms with Crippen LogP contribution in [0.3, 0.4) is 0 Å². The molecule has 2 heterocycles. The van der Waals surface area contributed by atoms with Crippen molar-refractivity contribution in [2.75, 3.05) is 26.2 Å². The van der Waals surface area contributed by atoms with Crippen LogP contribution in [0.2, 0.25) is 0 Å². The molecule has 3 aromatic rings. The van der Waals surface area contributed by atoms with Crippen molar-refractivity contribution in [2.45, 2.75) is 38.4 Å². The number of amides is 2. The first-order valence-electron chi connectivity index (χ1n) is 12.6. The second-order valence-electron chi connectivity index (χ2n) is 9.77. The summed E-state index contributed by atoms with van der Waals surface area (Å²) in [5, 5.41) is 0. The molecular formula is C30H33N3O2. The Morgan fingerprint density at radius 3 is 1.63 bits per heavy atom. The lowest BCUT2D eigenvalue weighted by atomic mass is 9.94. The number of hydrogen-bond donors (Lipinski definition) is 0. The van der Waals surface area contributed by atoms with Crippen molar-refractivity contribution in [1.82, 2.24) is 14.7 Å². The maximum atomic E-state index is 12.7. The predicted molar refractivity (Wildman–Crippen MR) is 138 cm³/mol. The smallest absolute Gasteiger partial charge is 0.261 e. The Morgan fingerprint density at radius 1 is 0.686 bits per heavy atom. The van der Waals surface area contributed by atoms with Gasteiger partial charge in [-0.1, -0.05) is 72.8 Å². The molecule has 1 fully saturated rings. The lowest BCUT2D eigenvalue weighted by Gasteiger charge is -2.47. The summed E-state index contributed by atoms with van der Waals surface area (Å²) in [6.45, 7) is 7.83. The van der Waals surface area contributed by atoms with Crippen LogP contribution < -0.4 is 0 Å². The van der Waals surface area contributed by atoms with E-state index in [1.165, 1.54) is 16.0 Å². The number of imide groups is 1. The summed E-state index contributed by atoms with van der Waals surface area (Å²) in [5.74, 6) is -0.324. The van der Waals surface area contributed by atoms with Crippen LogP contribution in [-0.2, 0) is 0 Å². The van der Waals surface area contributed by atoms with Gasteiger partial charge in [-0.3, -0.25) is 24.3 Å². The lowest BCUT2D eigenvalue weighted by Crippen LogP contribution is -2.57. The van der Waals surface area contributed by atoms with Crippen molar-refractivity contribution >= 4 is 11.8 Å². The summed E-state index contributed by atoms with van der Waals surface area (Å²) in [7, 11) is 0. The summed E-state index contributed by atoms with van der Waals surface area (Å²) < 4.78 is 0. The molecule has 180 valence electrons. The van der Waals surface area contributed by atoms with E-state index in [1.807, 2.05) is 12.1 Å². The van der Waals surface area contributed by atoms with Crippen molar-refractivity contribution in [3.05, 3.63) is 107 Å². The molecular weight excluding hydrogens is 434 g/mol. The van der Waals surface area contributed by atoms with Gasteiger partial charge in [-0.05, 0) is 43.5 Å². The summed E-state index contributed by atoms with van der Waals surface area (Å²) >= 11 is 0. The number of fused-ring (bicyclic) bond motifs is 1. The molecule has 0 bridgehead atoms. The quantitative estimate of drug-likeness (QED) is 0.466. The highest BCUT2D eigenvalue weighted by Crippen LogP contribution is 2.32. The molecule has 0 aliphatic carbocycles. The third-order valence-corrected chi connectivity index (χ3v) is 7.40. The van der Waals surface area contributed by atoms with Crippen molar-refractivity contribution in [3.8, 4) is 0 Å². The van der Waals surface area contributed by atoms with Gasteiger partial charge in [0.1, 0.15) is 0 Å². The summed E-state index contributed by atoms with van der Waals surface area (Å²) in [6, 6.07) is 29.6. The van der Waals surface area contributed by atoms with Gasteiger partial charge >= 0.3 is 0 Å². The minimum absolute atomic E-state index is 0.162. The van der Waals surface area contributed by atoms with E-state index in [1.54, 1.807) is 12.1 Å². The SMILES string of the molecule is C[C@@H]1CN(C(c2ccccc2)c2ccccc2)C[C@H](C)N1CCCN1C(=O)c2ccccc2C1=O. The van der Waals surface area contributed by atoms with Crippen LogP contribution in [0.1, 0.15) is 58.2 Å². The second-order valence-corrected chi connectivity index (χ2v) is 9.77. The number of rotatable bonds is 7. The highest BCUT2D eigenvalue weighted by Gasteiger charge is 2.36. The van der Waals surface area contributed by atoms with E-state index in [0.29, 0.717) is 29.8 Å². The van der Waals surface area contributed by atoms with Crippen molar-refractivity contribution in [1.29, 1.82) is 0 Å². The van der Waals surface area contributed by atoms with E-state index in [-0.39, 0.29) is 17.9 Å². The Labute approximate surface area is 208 Å². The van der Waals surface area contributed by atoms with Gasteiger partial charge in [0.15, 0.2) is 0 Å². The number of hydrogen-bond acceptors (Lipinski definition) is 4. The molecule has 5 heteroatoms. The summed E-state index contributed by atoms with van der Waals surface area (Å²) in [6.07, 6.45) is 0.779. The molecule has 5 nitrogen and oxygen atoms in total. The topological polar surface area (TPSA) is 43.9 Å². The number of benzene rings is 3. The molecule has 5 rings (SSSR count). The fraction of sp³-hybridized carbons (Fsp3) is 0.333. The van der Waals surface area contributed by atoms with Crippen LogP contribution in [-0.4, -0.2) is 64.8 Å². The molecule has 0 radical (unpaired) electrons. The molecule has 35 heavy (non-hydrogen) atoms. The molecule has 0 unspecified atom stereocenters. The molecule has 2 amide bonds. The molecule has 2 atom stereocenters. The Balaban J connectivity index is 1.24. The highest BCUT2D eigenvalue weighted by atomic mass is 16.2. The molecule has 0 spiro atoms. The van der Waals surface area contributed by atoms with E-state index in [2.05, 4.69) is 84.3 Å². The van der Waals surface area contributed by atoms with Crippen LogP contribution in [0.5, 0.6) is 0 Å². The van der Waals surface area contributed by atoms with Crippen LogP contribution in [0.25, 0.3) is 0 Å².